The second-order valence-electron chi connectivity index (χ2n) is 5.44. The van der Waals surface area contributed by atoms with Crippen LogP contribution in [-0.2, 0) is 22.6 Å². The largest absolute Gasteiger partial charge is 0.370 e. The molecule has 0 unspecified atom stereocenters. The maximum atomic E-state index is 11.0. The zero-order valence-electron chi connectivity index (χ0n) is 11.6. The van der Waals surface area contributed by atoms with Gasteiger partial charge in [0.2, 0.25) is 5.91 Å². The van der Waals surface area contributed by atoms with Crippen molar-refractivity contribution in [3.63, 3.8) is 0 Å². The normalized spacial score (nSPS) is 16.8. The molecular formula is C13H16N4O2S. The number of aromatic nitrogens is 2. The lowest BCUT2D eigenvalue weighted by Crippen LogP contribution is -2.31. The maximum absolute atomic E-state index is 11.0. The fourth-order valence-corrected chi connectivity index (χ4v) is 3.39. The van der Waals surface area contributed by atoms with Crippen LogP contribution in [0.15, 0.2) is 6.33 Å². The Hall–Kier alpha value is -1.73. The molecule has 2 aromatic heterocycles. The Balaban J connectivity index is 2.08. The Morgan fingerprint density at radius 3 is 3.00 bits per heavy atom. The number of nitrogens with zero attached hydrogens (tertiary/aromatic N) is 2. The van der Waals surface area contributed by atoms with Gasteiger partial charge in [-0.05, 0) is 19.4 Å². The van der Waals surface area contributed by atoms with Crippen molar-refractivity contribution in [3.05, 3.63) is 16.8 Å². The third-order valence-electron chi connectivity index (χ3n) is 3.22. The second kappa shape index (κ2) is 4.68. The van der Waals surface area contributed by atoms with Gasteiger partial charge in [-0.25, -0.2) is 9.97 Å². The first kappa shape index (κ1) is 13.3. The van der Waals surface area contributed by atoms with Crippen molar-refractivity contribution in [2.45, 2.75) is 39.4 Å². The zero-order valence-corrected chi connectivity index (χ0v) is 12.4. The van der Waals surface area contributed by atoms with Crippen molar-refractivity contribution in [1.29, 1.82) is 0 Å². The standard InChI is InChI=1S/C13H16N4O2S/c1-7(18)16-17-11-10-8-4-13(2,3)19-5-9(8)20-12(10)15-6-14-11/h6H,4-5H2,1-3H3,(H,16,18)(H,14,15,17). The van der Waals surface area contributed by atoms with E-state index in [1.54, 1.807) is 11.3 Å². The predicted molar refractivity (Wildman–Crippen MR) is 77.4 cm³/mol. The Bertz CT molecular complexity index is 680. The predicted octanol–water partition coefficient (Wildman–Crippen LogP) is 2.01. The highest BCUT2D eigenvalue weighted by Crippen LogP contribution is 2.40. The number of hydrogen-bond donors (Lipinski definition) is 2. The molecule has 0 aliphatic carbocycles. The third-order valence-corrected chi connectivity index (χ3v) is 4.34. The van der Waals surface area contributed by atoms with Gasteiger partial charge in [0, 0.05) is 18.2 Å². The minimum atomic E-state index is -0.192. The highest BCUT2D eigenvalue weighted by atomic mass is 32.1. The lowest BCUT2D eigenvalue weighted by atomic mass is 9.94. The van der Waals surface area contributed by atoms with Crippen LogP contribution in [0.1, 0.15) is 31.2 Å². The molecule has 2 N–H and O–H groups in total. The summed E-state index contributed by atoms with van der Waals surface area (Å²) < 4.78 is 5.83. The number of hydrogen-bond acceptors (Lipinski definition) is 6. The second-order valence-corrected chi connectivity index (χ2v) is 6.52. The van der Waals surface area contributed by atoms with Crippen LogP contribution >= 0.6 is 11.3 Å². The fraction of sp³-hybridized carbons (Fsp3) is 0.462. The van der Waals surface area contributed by atoms with E-state index in [1.165, 1.54) is 23.7 Å². The summed E-state index contributed by atoms with van der Waals surface area (Å²) in [5.41, 5.74) is 6.46. The Morgan fingerprint density at radius 2 is 2.25 bits per heavy atom. The van der Waals surface area contributed by atoms with E-state index in [0.29, 0.717) is 12.4 Å². The molecule has 6 nitrogen and oxygen atoms in total. The number of nitrogens with one attached hydrogen (secondary N) is 2. The van der Waals surface area contributed by atoms with Gasteiger partial charge in [0.25, 0.3) is 0 Å². The fourth-order valence-electron chi connectivity index (χ4n) is 2.32. The molecule has 20 heavy (non-hydrogen) atoms. The highest BCUT2D eigenvalue weighted by Gasteiger charge is 2.30. The number of carbonyl (C=O) groups is 1. The smallest absolute Gasteiger partial charge is 0.235 e. The average molecular weight is 292 g/mol. The molecule has 0 radical (unpaired) electrons. The molecule has 0 spiro atoms. The number of rotatable bonds is 2. The van der Waals surface area contributed by atoms with E-state index in [9.17, 15) is 4.79 Å². The van der Waals surface area contributed by atoms with Crippen LogP contribution in [0.25, 0.3) is 10.2 Å². The summed E-state index contributed by atoms with van der Waals surface area (Å²) in [6.07, 6.45) is 2.31. The van der Waals surface area contributed by atoms with E-state index in [2.05, 4.69) is 34.7 Å². The first-order valence-corrected chi connectivity index (χ1v) is 7.20. The average Bonchev–Trinajstić information content (AvgIpc) is 2.73. The Labute approximate surface area is 120 Å². The van der Waals surface area contributed by atoms with Gasteiger partial charge < -0.3 is 4.74 Å². The molecule has 0 saturated carbocycles. The monoisotopic (exact) mass is 292 g/mol. The highest BCUT2D eigenvalue weighted by molar-refractivity contribution is 7.18. The molecule has 1 aliphatic heterocycles. The van der Waals surface area contributed by atoms with Crippen LogP contribution in [-0.4, -0.2) is 21.5 Å². The molecule has 7 heteroatoms. The number of thiophene rings is 1. The Morgan fingerprint density at radius 1 is 1.45 bits per heavy atom. The maximum Gasteiger partial charge on any atom is 0.235 e. The van der Waals surface area contributed by atoms with Crippen LogP contribution in [0.4, 0.5) is 5.82 Å². The first-order chi connectivity index (χ1) is 9.46. The quantitative estimate of drug-likeness (QED) is 0.828. The molecule has 0 bridgehead atoms. The van der Waals surface area contributed by atoms with E-state index < -0.39 is 0 Å². The molecule has 0 fully saturated rings. The molecule has 0 aromatic carbocycles. The zero-order chi connectivity index (χ0) is 14.3. The molecule has 3 rings (SSSR count). The summed E-state index contributed by atoms with van der Waals surface area (Å²) in [6.45, 7) is 6.20. The van der Waals surface area contributed by atoms with E-state index in [0.717, 1.165) is 16.6 Å². The number of anilines is 1. The number of amides is 1. The van der Waals surface area contributed by atoms with Crippen molar-refractivity contribution in [3.8, 4) is 0 Å². The lowest BCUT2D eigenvalue weighted by Gasteiger charge is -2.30. The van der Waals surface area contributed by atoms with Gasteiger partial charge in [-0.3, -0.25) is 15.6 Å². The summed E-state index contributed by atoms with van der Waals surface area (Å²) in [4.78, 5) is 21.7. The van der Waals surface area contributed by atoms with Gasteiger partial charge in [-0.1, -0.05) is 0 Å². The minimum absolute atomic E-state index is 0.162. The molecule has 1 amide bonds. The van der Waals surface area contributed by atoms with Gasteiger partial charge in [0.15, 0.2) is 5.82 Å². The van der Waals surface area contributed by atoms with Crippen molar-refractivity contribution in [1.82, 2.24) is 15.4 Å². The first-order valence-electron chi connectivity index (χ1n) is 6.38. The SMILES string of the molecule is CC(=O)NNc1ncnc2sc3c(c12)CC(C)(C)OC3. The molecule has 1 aliphatic rings. The summed E-state index contributed by atoms with van der Waals surface area (Å²) in [7, 11) is 0. The number of ether oxygens (including phenoxy) is 1. The summed E-state index contributed by atoms with van der Waals surface area (Å²) in [5, 5.41) is 0.984. The van der Waals surface area contributed by atoms with E-state index in [4.69, 9.17) is 4.74 Å². The van der Waals surface area contributed by atoms with Crippen LogP contribution in [0, 0.1) is 0 Å². The number of carbonyl (C=O) groups excluding carboxylic acids is 1. The number of fused-ring (bicyclic) bond motifs is 3. The van der Waals surface area contributed by atoms with Crippen LogP contribution in [0.2, 0.25) is 0 Å². The van der Waals surface area contributed by atoms with Gasteiger partial charge in [0.05, 0.1) is 17.6 Å². The summed E-state index contributed by atoms with van der Waals surface area (Å²) in [5.74, 6) is 0.477. The molecule has 0 saturated heterocycles. The molecule has 3 heterocycles. The Kier molecular flexibility index (Phi) is 3.10. The van der Waals surface area contributed by atoms with Crippen molar-refractivity contribution >= 4 is 33.3 Å². The molecule has 2 aromatic rings. The van der Waals surface area contributed by atoms with Crippen LogP contribution in [0.5, 0.6) is 0 Å². The molecule has 0 atom stereocenters. The van der Waals surface area contributed by atoms with Crippen molar-refractivity contribution < 1.29 is 9.53 Å². The van der Waals surface area contributed by atoms with E-state index >= 15 is 0 Å². The minimum Gasteiger partial charge on any atom is -0.370 e. The van der Waals surface area contributed by atoms with Gasteiger partial charge in [0.1, 0.15) is 11.2 Å². The van der Waals surface area contributed by atoms with Crippen molar-refractivity contribution in [2.24, 2.45) is 0 Å². The molecular weight excluding hydrogens is 276 g/mol. The number of hydrazine groups is 1. The van der Waals surface area contributed by atoms with Crippen molar-refractivity contribution in [2.75, 3.05) is 5.43 Å². The lowest BCUT2D eigenvalue weighted by molar-refractivity contribution is -0.118. The molecule has 106 valence electrons. The third kappa shape index (κ3) is 2.34. The summed E-state index contributed by atoms with van der Waals surface area (Å²) >= 11 is 1.62. The topological polar surface area (TPSA) is 76.1 Å². The summed E-state index contributed by atoms with van der Waals surface area (Å²) in [6, 6.07) is 0. The van der Waals surface area contributed by atoms with Crippen LogP contribution in [0.3, 0.4) is 0 Å². The van der Waals surface area contributed by atoms with E-state index in [-0.39, 0.29) is 11.5 Å². The van der Waals surface area contributed by atoms with Crippen LogP contribution < -0.4 is 10.9 Å². The van der Waals surface area contributed by atoms with E-state index in [1.807, 2.05) is 0 Å². The van der Waals surface area contributed by atoms with Gasteiger partial charge in [-0.15, -0.1) is 11.3 Å². The van der Waals surface area contributed by atoms with Gasteiger partial charge >= 0.3 is 0 Å². The van der Waals surface area contributed by atoms with Gasteiger partial charge in [-0.2, -0.15) is 0 Å².